The highest BCUT2D eigenvalue weighted by Crippen LogP contribution is 2.16. The van der Waals surface area contributed by atoms with E-state index in [1.54, 1.807) is 0 Å². The first-order valence-electron chi connectivity index (χ1n) is 9.45. The Hall–Kier alpha value is -0.890. The fraction of sp³-hybridized carbons (Fsp3) is 0.684. The quantitative estimate of drug-likeness (QED) is 0.272. The molecule has 0 radical (unpaired) electrons. The summed E-state index contributed by atoms with van der Waals surface area (Å²) in [5, 5.41) is 6.72. The summed E-state index contributed by atoms with van der Waals surface area (Å²) in [5.74, 6) is 0.917. The van der Waals surface area contributed by atoms with E-state index in [-0.39, 0.29) is 24.0 Å². The van der Waals surface area contributed by atoms with Gasteiger partial charge >= 0.3 is 0 Å². The highest BCUT2D eigenvalue weighted by atomic mass is 127. The van der Waals surface area contributed by atoms with Gasteiger partial charge in [-0.25, -0.2) is 0 Å². The van der Waals surface area contributed by atoms with Crippen LogP contribution in [-0.4, -0.2) is 54.6 Å². The van der Waals surface area contributed by atoms with Crippen molar-refractivity contribution < 1.29 is 0 Å². The molecule has 2 heterocycles. The summed E-state index contributed by atoms with van der Waals surface area (Å²) in [4.78, 5) is 11.7. The minimum Gasteiger partial charge on any atom is -0.357 e. The molecule has 6 heteroatoms. The lowest BCUT2D eigenvalue weighted by atomic mass is 10.0. The average molecular weight is 459 g/mol. The monoisotopic (exact) mass is 459 g/mol. The largest absolute Gasteiger partial charge is 0.357 e. The molecule has 2 rings (SSSR count). The second kappa shape index (κ2) is 13.3. The smallest absolute Gasteiger partial charge is 0.191 e. The van der Waals surface area contributed by atoms with Crippen LogP contribution < -0.4 is 10.6 Å². The van der Waals surface area contributed by atoms with E-state index in [0.29, 0.717) is 0 Å². The Bertz CT molecular complexity index is 480. The first-order valence-corrected chi connectivity index (χ1v) is 9.45. The molecule has 1 aromatic heterocycles. The van der Waals surface area contributed by atoms with Crippen molar-refractivity contribution in [3.63, 3.8) is 0 Å². The van der Waals surface area contributed by atoms with E-state index in [0.717, 1.165) is 56.7 Å². The van der Waals surface area contributed by atoms with Crippen LogP contribution in [0.15, 0.2) is 29.4 Å². The molecule has 25 heavy (non-hydrogen) atoms. The second-order valence-corrected chi connectivity index (χ2v) is 6.49. The number of hydrogen-bond acceptors (Lipinski definition) is 3. The summed E-state index contributed by atoms with van der Waals surface area (Å²) in [6.07, 6.45) is 7.97. The van der Waals surface area contributed by atoms with Crippen LogP contribution in [0.5, 0.6) is 0 Å². The Labute approximate surface area is 170 Å². The molecule has 1 aliphatic heterocycles. The molecule has 142 valence electrons. The fourth-order valence-electron chi connectivity index (χ4n) is 3.15. The van der Waals surface area contributed by atoms with Crippen molar-refractivity contribution in [3.8, 4) is 0 Å². The number of aromatic nitrogens is 1. The molecule has 0 bridgehead atoms. The van der Waals surface area contributed by atoms with E-state index in [9.17, 15) is 0 Å². The van der Waals surface area contributed by atoms with E-state index in [2.05, 4.69) is 40.4 Å². The maximum Gasteiger partial charge on any atom is 0.191 e. The second-order valence-electron chi connectivity index (χ2n) is 6.49. The molecular formula is C19H34IN5. The van der Waals surface area contributed by atoms with Gasteiger partial charge in [-0.15, -0.1) is 24.0 Å². The Balaban J connectivity index is 0.00000312. The van der Waals surface area contributed by atoms with Gasteiger partial charge < -0.3 is 15.5 Å². The highest BCUT2D eigenvalue weighted by Gasteiger charge is 2.16. The zero-order valence-electron chi connectivity index (χ0n) is 15.7. The van der Waals surface area contributed by atoms with E-state index in [1.807, 2.05) is 18.3 Å². The van der Waals surface area contributed by atoms with Crippen LogP contribution in [0, 0.1) is 0 Å². The van der Waals surface area contributed by atoms with E-state index in [1.165, 1.54) is 25.8 Å². The normalized spacial score (nSPS) is 18.5. The highest BCUT2D eigenvalue weighted by molar-refractivity contribution is 14.0. The summed E-state index contributed by atoms with van der Waals surface area (Å²) in [6.45, 7) is 9.50. The molecule has 0 aromatic carbocycles. The van der Waals surface area contributed by atoms with Gasteiger partial charge in [0.15, 0.2) is 5.96 Å². The Kier molecular flexibility index (Phi) is 11.8. The number of piperidine rings is 1. The van der Waals surface area contributed by atoms with Crippen LogP contribution in [0.3, 0.4) is 0 Å². The van der Waals surface area contributed by atoms with Crippen LogP contribution in [0.2, 0.25) is 0 Å². The maximum absolute atomic E-state index is 4.70. The number of nitrogens with zero attached hydrogens (tertiary/aromatic N) is 3. The van der Waals surface area contributed by atoms with Crippen LogP contribution in [0.1, 0.15) is 45.2 Å². The zero-order chi connectivity index (χ0) is 17.0. The van der Waals surface area contributed by atoms with Crippen molar-refractivity contribution in [1.82, 2.24) is 20.5 Å². The summed E-state index contributed by atoms with van der Waals surface area (Å²) in [6, 6.07) is 6.79. The van der Waals surface area contributed by atoms with Gasteiger partial charge in [0.25, 0.3) is 0 Å². The minimum absolute atomic E-state index is 0. The lowest BCUT2D eigenvalue weighted by Crippen LogP contribution is -2.39. The standard InChI is InChI=1S/C19H33N5.HI/c1-3-20-19(23-14-11-18-10-4-6-12-21-18)22-13-8-16-24-15-7-5-9-17(24)2;/h4,6,10,12,17H,3,5,7-9,11,13-16H2,1-2H3,(H2,20,22,23);1H. The molecule has 5 nitrogen and oxygen atoms in total. The van der Waals surface area contributed by atoms with Crippen molar-refractivity contribution in [2.45, 2.75) is 52.0 Å². The minimum atomic E-state index is 0. The summed E-state index contributed by atoms with van der Waals surface area (Å²) >= 11 is 0. The van der Waals surface area contributed by atoms with E-state index < -0.39 is 0 Å². The Morgan fingerprint density at radius 1 is 1.32 bits per heavy atom. The number of aliphatic imine (C=N–C) groups is 1. The summed E-state index contributed by atoms with van der Waals surface area (Å²) in [5.41, 5.74) is 1.11. The third-order valence-electron chi connectivity index (χ3n) is 4.56. The number of hydrogen-bond donors (Lipinski definition) is 2. The van der Waals surface area contributed by atoms with Crippen molar-refractivity contribution in [1.29, 1.82) is 0 Å². The van der Waals surface area contributed by atoms with Crippen molar-refractivity contribution in [3.05, 3.63) is 30.1 Å². The van der Waals surface area contributed by atoms with Crippen molar-refractivity contribution in [2.75, 3.05) is 32.7 Å². The lowest BCUT2D eigenvalue weighted by Gasteiger charge is -2.33. The van der Waals surface area contributed by atoms with Crippen LogP contribution in [0.25, 0.3) is 0 Å². The van der Waals surface area contributed by atoms with Gasteiger partial charge in [0, 0.05) is 50.5 Å². The number of rotatable bonds is 8. The van der Waals surface area contributed by atoms with Gasteiger partial charge in [-0.1, -0.05) is 12.5 Å². The summed E-state index contributed by atoms with van der Waals surface area (Å²) < 4.78 is 0. The number of nitrogens with one attached hydrogen (secondary N) is 2. The third kappa shape index (κ3) is 8.85. The molecule has 0 spiro atoms. The van der Waals surface area contributed by atoms with Gasteiger partial charge in [0.1, 0.15) is 0 Å². The predicted octanol–water partition coefficient (Wildman–Crippen LogP) is 3.06. The molecule has 1 saturated heterocycles. The number of guanidine groups is 1. The molecule has 0 saturated carbocycles. The molecule has 1 unspecified atom stereocenters. The molecule has 0 amide bonds. The average Bonchev–Trinajstić information content (AvgIpc) is 2.61. The van der Waals surface area contributed by atoms with Gasteiger partial charge in [0.2, 0.25) is 0 Å². The third-order valence-corrected chi connectivity index (χ3v) is 4.56. The molecule has 1 aliphatic rings. The van der Waals surface area contributed by atoms with E-state index >= 15 is 0 Å². The first kappa shape index (κ1) is 22.2. The van der Waals surface area contributed by atoms with Gasteiger partial charge in [-0.2, -0.15) is 0 Å². The molecular weight excluding hydrogens is 425 g/mol. The molecule has 1 aromatic rings. The fourth-order valence-corrected chi connectivity index (χ4v) is 3.15. The van der Waals surface area contributed by atoms with Crippen LogP contribution >= 0.6 is 24.0 Å². The Morgan fingerprint density at radius 2 is 2.20 bits per heavy atom. The molecule has 1 atom stereocenters. The topological polar surface area (TPSA) is 52.6 Å². The SMILES string of the molecule is CCNC(=NCCCN1CCCCC1C)NCCc1ccccn1.I. The molecule has 1 fully saturated rings. The number of pyridine rings is 1. The summed E-state index contributed by atoms with van der Waals surface area (Å²) in [7, 11) is 0. The lowest BCUT2D eigenvalue weighted by molar-refractivity contribution is 0.160. The van der Waals surface area contributed by atoms with Crippen molar-refractivity contribution in [2.24, 2.45) is 4.99 Å². The number of halogens is 1. The van der Waals surface area contributed by atoms with Gasteiger partial charge in [0.05, 0.1) is 0 Å². The molecule has 0 aliphatic carbocycles. The van der Waals surface area contributed by atoms with E-state index in [4.69, 9.17) is 4.99 Å². The van der Waals surface area contributed by atoms with Gasteiger partial charge in [-0.3, -0.25) is 9.98 Å². The first-order chi connectivity index (χ1) is 11.8. The number of likely N-dealkylation sites (tertiary alicyclic amines) is 1. The zero-order valence-corrected chi connectivity index (χ0v) is 18.0. The maximum atomic E-state index is 4.70. The van der Waals surface area contributed by atoms with Gasteiger partial charge in [-0.05, 0) is 51.8 Å². The molecule has 2 N–H and O–H groups in total. The van der Waals surface area contributed by atoms with Crippen LogP contribution in [-0.2, 0) is 6.42 Å². The Morgan fingerprint density at radius 3 is 2.92 bits per heavy atom. The predicted molar refractivity (Wildman–Crippen MR) is 117 cm³/mol. The van der Waals surface area contributed by atoms with Crippen LogP contribution in [0.4, 0.5) is 0 Å². The van der Waals surface area contributed by atoms with Crippen molar-refractivity contribution >= 4 is 29.9 Å².